The van der Waals surface area contributed by atoms with Gasteiger partial charge in [0.1, 0.15) is 0 Å². The van der Waals surface area contributed by atoms with Gasteiger partial charge in [-0.25, -0.2) is 0 Å². The van der Waals surface area contributed by atoms with Crippen molar-refractivity contribution in [1.82, 2.24) is 0 Å². The molecule has 1 spiro atoms. The Labute approximate surface area is 441 Å². The molecule has 2 aliphatic carbocycles. The SMILES string of the molecule is c1ccc(-c2ccc(N(c3ccc4c5ccccc5c5ccccc5c4c3)c3cc4c(cc3-c3ccc(-c5ccc6ccc7ccccc7c6c5)cc3)-c3ccccc3C43c4ccccc4-c4ccccc43)cc2)cc1. The first-order chi connectivity index (χ1) is 37.7. The Bertz CT molecular complexity index is 4600. The van der Waals surface area contributed by atoms with Gasteiger partial charge in [-0.15, -0.1) is 0 Å². The van der Waals surface area contributed by atoms with Crippen molar-refractivity contribution in [3.63, 3.8) is 0 Å². The molecule has 1 heteroatoms. The molecular weight excluding hydrogens is 915 g/mol. The highest BCUT2D eigenvalue weighted by molar-refractivity contribution is 6.26. The van der Waals surface area contributed by atoms with Crippen molar-refractivity contribution in [3.05, 3.63) is 307 Å². The highest BCUT2D eigenvalue weighted by atomic mass is 15.1. The van der Waals surface area contributed by atoms with E-state index in [9.17, 15) is 0 Å². The predicted molar refractivity (Wildman–Crippen MR) is 321 cm³/mol. The van der Waals surface area contributed by atoms with Gasteiger partial charge in [0.25, 0.3) is 0 Å². The molecule has 0 heterocycles. The lowest BCUT2D eigenvalue weighted by molar-refractivity contribution is 0.794. The molecule has 76 heavy (non-hydrogen) atoms. The van der Waals surface area contributed by atoms with Crippen LogP contribution < -0.4 is 4.90 Å². The fraction of sp³-hybridized carbons (Fsp3) is 0.0133. The van der Waals surface area contributed by atoms with E-state index in [-0.39, 0.29) is 0 Å². The van der Waals surface area contributed by atoms with Crippen molar-refractivity contribution in [2.75, 3.05) is 4.90 Å². The number of hydrogen-bond donors (Lipinski definition) is 0. The minimum Gasteiger partial charge on any atom is -0.310 e. The molecule has 0 N–H and O–H groups in total. The van der Waals surface area contributed by atoms with E-state index in [4.69, 9.17) is 0 Å². The molecule has 0 bridgehead atoms. The van der Waals surface area contributed by atoms with Gasteiger partial charge in [-0.2, -0.15) is 0 Å². The molecule has 0 aliphatic heterocycles. The Hall–Kier alpha value is -9.82. The minimum atomic E-state index is -0.530. The molecule has 16 rings (SSSR count). The van der Waals surface area contributed by atoms with Crippen LogP contribution >= 0.6 is 0 Å². The smallest absolute Gasteiger partial charge is 0.0726 e. The van der Waals surface area contributed by atoms with E-state index >= 15 is 0 Å². The second kappa shape index (κ2) is 16.6. The van der Waals surface area contributed by atoms with Gasteiger partial charge in [0, 0.05) is 16.9 Å². The molecule has 0 aromatic heterocycles. The lowest BCUT2D eigenvalue weighted by atomic mass is 9.70. The number of nitrogens with zero attached hydrogens (tertiary/aromatic N) is 1. The average molecular weight is 962 g/mol. The zero-order chi connectivity index (χ0) is 49.9. The zero-order valence-corrected chi connectivity index (χ0v) is 41.6. The molecular formula is C75H47N. The molecule has 14 aromatic rings. The number of fused-ring (bicyclic) bond motifs is 19. The zero-order valence-electron chi connectivity index (χ0n) is 41.6. The maximum atomic E-state index is 2.57. The summed E-state index contributed by atoms with van der Waals surface area (Å²) in [6, 6.07) is 107. The van der Waals surface area contributed by atoms with Crippen LogP contribution in [0.1, 0.15) is 22.3 Å². The first kappa shape index (κ1) is 42.7. The van der Waals surface area contributed by atoms with Gasteiger partial charge in [-0.1, -0.05) is 243 Å². The van der Waals surface area contributed by atoms with Crippen molar-refractivity contribution in [2.45, 2.75) is 5.41 Å². The molecule has 0 radical (unpaired) electrons. The van der Waals surface area contributed by atoms with Gasteiger partial charge in [0.05, 0.1) is 11.1 Å². The van der Waals surface area contributed by atoms with E-state index in [1.807, 2.05) is 0 Å². The van der Waals surface area contributed by atoms with Gasteiger partial charge in [0.15, 0.2) is 0 Å². The van der Waals surface area contributed by atoms with Gasteiger partial charge < -0.3 is 4.90 Å². The molecule has 14 aromatic carbocycles. The van der Waals surface area contributed by atoms with Crippen LogP contribution in [0.15, 0.2) is 285 Å². The highest BCUT2D eigenvalue weighted by Crippen LogP contribution is 2.64. The summed E-state index contributed by atoms with van der Waals surface area (Å²) in [6.45, 7) is 0. The van der Waals surface area contributed by atoms with Crippen LogP contribution in [0.25, 0.3) is 109 Å². The molecule has 0 atom stereocenters. The normalized spacial score (nSPS) is 12.8. The molecule has 0 amide bonds. The van der Waals surface area contributed by atoms with Gasteiger partial charge in [-0.05, 0) is 169 Å². The molecule has 0 unspecified atom stereocenters. The lowest BCUT2D eigenvalue weighted by Gasteiger charge is -2.33. The van der Waals surface area contributed by atoms with Crippen LogP contribution in [-0.2, 0) is 5.41 Å². The summed E-state index contributed by atoms with van der Waals surface area (Å²) in [5.74, 6) is 0. The Morgan fingerprint density at radius 1 is 0.211 bits per heavy atom. The van der Waals surface area contributed by atoms with Gasteiger partial charge in [0.2, 0.25) is 0 Å². The van der Waals surface area contributed by atoms with E-state index in [0.717, 1.165) is 28.2 Å². The fourth-order valence-electron chi connectivity index (χ4n) is 13.5. The fourth-order valence-corrected chi connectivity index (χ4v) is 13.5. The Kier molecular flexibility index (Phi) is 9.32. The maximum absolute atomic E-state index is 2.57. The van der Waals surface area contributed by atoms with Gasteiger partial charge >= 0.3 is 0 Å². The number of anilines is 3. The largest absolute Gasteiger partial charge is 0.310 e. The van der Waals surface area contributed by atoms with Crippen LogP contribution in [-0.4, -0.2) is 0 Å². The topological polar surface area (TPSA) is 3.24 Å². The first-order valence-corrected chi connectivity index (χ1v) is 26.5. The molecule has 1 nitrogen and oxygen atoms in total. The second-order valence-corrected chi connectivity index (χ2v) is 20.7. The average Bonchev–Trinajstić information content (AvgIpc) is 4.11. The van der Waals surface area contributed by atoms with Crippen LogP contribution in [0.5, 0.6) is 0 Å². The Morgan fingerprint density at radius 2 is 0.645 bits per heavy atom. The predicted octanol–water partition coefficient (Wildman–Crippen LogP) is 20.3. The van der Waals surface area contributed by atoms with Crippen LogP contribution in [0.2, 0.25) is 0 Å². The van der Waals surface area contributed by atoms with Crippen LogP contribution in [0, 0.1) is 0 Å². The quantitative estimate of drug-likeness (QED) is 0.150. The summed E-state index contributed by atoms with van der Waals surface area (Å²) in [5.41, 5.74) is 20.3. The van der Waals surface area contributed by atoms with Crippen molar-refractivity contribution in [3.8, 4) is 55.6 Å². The number of benzene rings is 14. The van der Waals surface area contributed by atoms with Crippen molar-refractivity contribution >= 4 is 70.9 Å². The van der Waals surface area contributed by atoms with E-state index in [1.165, 1.54) is 121 Å². The molecule has 352 valence electrons. The number of rotatable bonds is 6. The van der Waals surface area contributed by atoms with Crippen molar-refractivity contribution in [1.29, 1.82) is 0 Å². The van der Waals surface area contributed by atoms with E-state index in [2.05, 4.69) is 290 Å². The Balaban J connectivity index is 0.979. The van der Waals surface area contributed by atoms with E-state index in [1.54, 1.807) is 0 Å². The summed E-state index contributed by atoms with van der Waals surface area (Å²) < 4.78 is 0. The number of hydrogen-bond acceptors (Lipinski definition) is 1. The minimum absolute atomic E-state index is 0.530. The monoisotopic (exact) mass is 961 g/mol. The van der Waals surface area contributed by atoms with Crippen molar-refractivity contribution in [2.24, 2.45) is 0 Å². The summed E-state index contributed by atoms with van der Waals surface area (Å²) in [6.07, 6.45) is 0. The van der Waals surface area contributed by atoms with Crippen LogP contribution in [0.4, 0.5) is 17.1 Å². The molecule has 0 fully saturated rings. The maximum Gasteiger partial charge on any atom is 0.0726 e. The van der Waals surface area contributed by atoms with Crippen molar-refractivity contribution < 1.29 is 0 Å². The molecule has 2 aliphatic rings. The van der Waals surface area contributed by atoms with Crippen LogP contribution in [0.3, 0.4) is 0 Å². The lowest BCUT2D eigenvalue weighted by Crippen LogP contribution is -2.26. The summed E-state index contributed by atoms with van der Waals surface area (Å²) in [4.78, 5) is 2.54. The summed E-state index contributed by atoms with van der Waals surface area (Å²) >= 11 is 0. The third kappa shape index (κ3) is 6.21. The third-order valence-electron chi connectivity index (χ3n) is 16.8. The molecule has 0 saturated carbocycles. The summed E-state index contributed by atoms with van der Waals surface area (Å²) in [7, 11) is 0. The standard InChI is InChI=1S/C75H47N/c1-2-16-48(17-3-1)49-38-40-55(41-39-49)76(56-42-43-62-60-22-7-6-20-58(60)59-21-8-9-23-61(59)68(62)45-56)74-47-73-69(65-26-12-15-29-72(65)75(73)70-27-13-10-24-63(70)64-25-11-14-28-71(64)75)46-67(74)53-32-30-50(31-33-53)54-37-36-52-35-34-51-18-4-5-19-57(51)66(52)44-54/h1-47H. The highest BCUT2D eigenvalue weighted by Gasteiger charge is 2.52. The Morgan fingerprint density at radius 3 is 1.29 bits per heavy atom. The third-order valence-corrected chi connectivity index (χ3v) is 16.8. The van der Waals surface area contributed by atoms with Gasteiger partial charge in [-0.3, -0.25) is 0 Å². The molecule has 0 saturated heterocycles. The van der Waals surface area contributed by atoms with E-state index < -0.39 is 5.41 Å². The van der Waals surface area contributed by atoms with E-state index in [0.29, 0.717) is 0 Å². The first-order valence-electron chi connectivity index (χ1n) is 26.5. The summed E-state index contributed by atoms with van der Waals surface area (Å²) in [5, 5.41) is 12.6. The second-order valence-electron chi connectivity index (χ2n) is 20.7.